The molecule has 1 aromatic carbocycles. The number of carbonyl (C=O) groups is 3. The lowest BCUT2D eigenvalue weighted by atomic mass is 9.65. The Labute approximate surface area is 189 Å². The first-order valence-electron chi connectivity index (χ1n) is 11.5. The lowest BCUT2D eigenvalue weighted by Gasteiger charge is -2.44. The number of hydrogen-bond donors (Lipinski definition) is 2. The highest BCUT2D eigenvalue weighted by Crippen LogP contribution is 2.62. The van der Waals surface area contributed by atoms with Crippen LogP contribution in [0.3, 0.4) is 0 Å². The number of likely N-dealkylation sites (tertiary alicyclic amines) is 2. The quantitative estimate of drug-likeness (QED) is 0.746. The number of urea groups is 1. The Morgan fingerprint density at radius 3 is 2.53 bits per heavy atom. The number of carbonyl (C=O) groups excluding carboxylic acids is 3. The molecule has 1 saturated carbocycles. The van der Waals surface area contributed by atoms with Gasteiger partial charge in [0.1, 0.15) is 5.75 Å². The Kier molecular flexibility index (Phi) is 6.05. The summed E-state index contributed by atoms with van der Waals surface area (Å²) in [4.78, 5) is 41.5. The molecule has 32 heavy (non-hydrogen) atoms. The molecule has 8 nitrogen and oxygen atoms in total. The van der Waals surface area contributed by atoms with E-state index in [-0.39, 0.29) is 29.2 Å². The van der Waals surface area contributed by atoms with E-state index in [0.29, 0.717) is 32.7 Å². The summed E-state index contributed by atoms with van der Waals surface area (Å²) >= 11 is 0. The Balaban J connectivity index is 1.39. The molecule has 1 aromatic rings. The molecule has 8 heteroatoms. The molecule has 2 saturated heterocycles. The van der Waals surface area contributed by atoms with Crippen molar-refractivity contribution in [2.24, 2.45) is 16.7 Å². The highest BCUT2D eigenvalue weighted by atomic mass is 16.5. The second kappa shape index (κ2) is 8.64. The van der Waals surface area contributed by atoms with Crippen LogP contribution in [0.2, 0.25) is 0 Å². The largest absolute Gasteiger partial charge is 0.497 e. The molecule has 174 valence electrons. The van der Waals surface area contributed by atoms with E-state index in [4.69, 9.17) is 4.74 Å². The van der Waals surface area contributed by atoms with Crippen LogP contribution in [0.15, 0.2) is 24.3 Å². The molecular formula is C24H34N4O4. The predicted molar refractivity (Wildman–Crippen MR) is 120 cm³/mol. The summed E-state index contributed by atoms with van der Waals surface area (Å²) in [5, 5.41) is 5.87. The third-order valence-electron chi connectivity index (χ3n) is 8.10. The normalized spacial score (nSPS) is 26.0. The number of ether oxygens (including phenoxy) is 1. The lowest BCUT2D eigenvalue weighted by Crippen LogP contribution is -2.51. The topological polar surface area (TPSA) is 91.0 Å². The summed E-state index contributed by atoms with van der Waals surface area (Å²) in [5.41, 5.74) is 0.518. The SMILES string of the molecule is CNC(=O)[C@@]12CCC3(CCN(C(=O)NCc4cccc(OC)c4)CC3)[C@@H]1CN(C(C)=O)C2. The molecule has 0 radical (unpaired) electrons. The summed E-state index contributed by atoms with van der Waals surface area (Å²) in [6.45, 7) is 4.53. The second-order valence-corrected chi connectivity index (χ2v) is 9.55. The van der Waals surface area contributed by atoms with Gasteiger partial charge in [0.2, 0.25) is 11.8 Å². The molecule has 0 unspecified atom stereocenters. The summed E-state index contributed by atoms with van der Waals surface area (Å²) in [6, 6.07) is 7.62. The second-order valence-electron chi connectivity index (χ2n) is 9.55. The average molecular weight is 443 g/mol. The van der Waals surface area contributed by atoms with E-state index in [9.17, 15) is 14.4 Å². The lowest BCUT2D eigenvalue weighted by molar-refractivity contribution is -0.133. The number of nitrogens with zero attached hydrogens (tertiary/aromatic N) is 2. The van der Waals surface area contributed by atoms with Gasteiger partial charge >= 0.3 is 6.03 Å². The summed E-state index contributed by atoms with van der Waals surface area (Å²) in [5.74, 6) is 1.02. The maximum absolute atomic E-state index is 12.9. The Morgan fingerprint density at radius 2 is 1.88 bits per heavy atom. The van der Waals surface area contributed by atoms with Gasteiger partial charge in [0, 0.05) is 46.7 Å². The minimum absolute atomic E-state index is 0.0142. The van der Waals surface area contributed by atoms with E-state index in [0.717, 1.165) is 37.0 Å². The fraction of sp³-hybridized carbons (Fsp3) is 0.625. The molecule has 1 spiro atoms. The summed E-state index contributed by atoms with van der Waals surface area (Å²) in [6.07, 6.45) is 3.53. The van der Waals surface area contributed by atoms with Crippen molar-refractivity contribution in [2.75, 3.05) is 40.3 Å². The van der Waals surface area contributed by atoms with Crippen molar-refractivity contribution in [1.29, 1.82) is 0 Å². The van der Waals surface area contributed by atoms with Crippen LogP contribution < -0.4 is 15.4 Å². The fourth-order valence-corrected chi connectivity index (χ4v) is 6.25. The van der Waals surface area contributed by atoms with Gasteiger partial charge in [-0.3, -0.25) is 9.59 Å². The van der Waals surface area contributed by atoms with E-state index in [1.165, 1.54) is 0 Å². The Bertz CT molecular complexity index is 896. The predicted octanol–water partition coefficient (Wildman–Crippen LogP) is 1.99. The van der Waals surface area contributed by atoms with Gasteiger partial charge in [0.05, 0.1) is 12.5 Å². The summed E-state index contributed by atoms with van der Waals surface area (Å²) in [7, 11) is 3.31. The van der Waals surface area contributed by atoms with Gasteiger partial charge in [-0.25, -0.2) is 4.79 Å². The molecule has 3 aliphatic rings. The number of nitrogens with one attached hydrogen (secondary N) is 2. The van der Waals surface area contributed by atoms with Crippen LogP contribution in [0, 0.1) is 16.7 Å². The number of hydrogen-bond acceptors (Lipinski definition) is 4. The zero-order valence-corrected chi connectivity index (χ0v) is 19.3. The van der Waals surface area contributed by atoms with Crippen LogP contribution in [0.1, 0.15) is 38.2 Å². The molecule has 2 aliphatic heterocycles. The van der Waals surface area contributed by atoms with E-state index in [1.807, 2.05) is 34.1 Å². The van der Waals surface area contributed by atoms with Gasteiger partial charge in [0.25, 0.3) is 0 Å². The van der Waals surface area contributed by atoms with Gasteiger partial charge < -0.3 is 25.2 Å². The van der Waals surface area contributed by atoms with Gasteiger partial charge in [-0.05, 0) is 54.7 Å². The number of rotatable bonds is 4. The van der Waals surface area contributed by atoms with Crippen molar-refractivity contribution in [3.05, 3.63) is 29.8 Å². The third kappa shape index (κ3) is 3.80. The van der Waals surface area contributed by atoms with Crippen molar-refractivity contribution in [3.63, 3.8) is 0 Å². The number of fused-ring (bicyclic) bond motifs is 2. The van der Waals surface area contributed by atoms with Gasteiger partial charge in [-0.2, -0.15) is 0 Å². The molecule has 2 atom stereocenters. The van der Waals surface area contributed by atoms with Crippen LogP contribution in [0.4, 0.5) is 4.79 Å². The molecular weight excluding hydrogens is 408 g/mol. The monoisotopic (exact) mass is 442 g/mol. The van der Waals surface area contributed by atoms with Crippen LogP contribution in [-0.2, 0) is 16.1 Å². The molecule has 0 aromatic heterocycles. The highest BCUT2D eigenvalue weighted by molar-refractivity contribution is 5.86. The number of piperidine rings is 1. The van der Waals surface area contributed by atoms with Gasteiger partial charge in [0.15, 0.2) is 0 Å². The smallest absolute Gasteiger partial charge is 0.317 e. The summed E-state index contributed by atoms with van der Waals surface area (Å²) < 4.78 is 5.25. The van der Waals surface area contributed by atoms with Crippen LogP contribution >= 0.6 is 0 Å². The van der Waals surface area contributed by atoms with E-state index in [2.05, 4.69) is 10.6 Å². The maximum atomic E-state index is 12.9. The standard InChI is InChI=1S/C24H34N4O4/c1-17(29)28-15-20-23(7-8-24(20,16-28)21(30)25-2)9-11-27(12-10-23)22(31)26-14-18-5-4-6-19(13-18)32-3/h4-6,13,20H,7-12,14-16H2,1-3H3,(H,25,30)(H,26,31)/t20-,24+/m0/s1. The first-order chi connectivity index (χ1) is 15.3. The molecule has 2 heterocycles. The van der Waals surface area contributed by atoms with Crippen molar-refractivity contribution < 1.29 is 19.1 Å². The minimum Gasteiger partial charge on any atom is -0.497 e. The van der Waals surface area contributed by atoms with Gasteiger partial charge in [-0.15, -0.1) is 0 Å². The molecule has 0 bridgehead atoms. The number of amides is 4. The molecule has 1 aliphatic carbocycles. The first-order valence-corrected chi connectivity index (χ1v) is 11.5. The molecule has 2 N–H and O–H groups in total. The number of methoxy groups -OCH3 is 1. The van der Waals surface area contributed by atoms with E-state index in [1.54, 1.807) is 21.1 Å². The van der Waals surface area contributed by atoms with Crippen LogP contribution in [0.5, 0.6) is 5.75 Å². The zero-order valence-electron chi connectivity index (χ0n) is 19.3. The molecule has 4 amide bonds. The van der Waals surface area contributed by atoms with Crippen molar-refractivity contribution in [1.82, 2.24) is 20.4 Å². The maximum Gasteiger partial charge on any atom is 0.317 e. The van der Waals surface area contributed by atoms with E-state index < -0.39 is 5.41 Å². The van der Waals surface area contributed by atoms with Crippen molar-refractivity contribution >= 4 is 17.8 Å². The third-order valence-corrected chi connectivity index (χ3v) is 8.10. The zero-order chi connectivity index (χ0) is 22.9. The first kappa shape index (κ1) is 22.4. The fourth-order valence-electron chi connectivity index (χ4n) is 6.25. The highest BCUT2D eigenvalue weighted by Gasteiger charge is 2.64. The molecule has 3 fully saturated rings. The van der Waals surface area contributed by atoms with Crippen molar-refractivity contribution in [2.45, 2.75) is 39.2 Å². The van der Waals surface area contributed by atoms with Crippen molar-refractivity contribution in [3.8, 4) is 5.75 Å². The average Bonchev–Trinajstić information content (AvgIpc) is 3.35. The van der Waals surface area contributed by atoms with Crippen LogP contribution in [0.25, 0.3) is 0 Å². The van der Waals surface area contributed by atoms with E-state index >= 15 is 0 Å². The van der Waals surface area contributed by atoms with Gasteiger partial charge in [-0.1, -0.05) is 12.1 Å². The van der Waals surface area contributed by atoms with Crippen LogP contribution in [-0.4, -0.2) is 68.0 Å². The molecule has 4 rings (SSSR count). The Hall–Kier alpha value is -2.77. The number of benzene rings is 1. The Morgan fingerprint density at radius 1 is 1.12 bits per heavy atom. The minimum atomic E-state index is -0.489.